The highest BCUT2D eigenvalue weighted by atomic mass is 19.1. The third-order valence-corrected chi connectivity index (χ3v) is 3.28. The van der Waals surface area contributed by atoms with Gasteiger partial charge in [0, 0.05) is 17.0 Å². The van der Waals surface area contributed by atoms with Crippen LogP contribution in [0.1, 0.15) is 10.4 Å². The zero-order valence-electron chi connectivity index (χ0n) is 11.6. The van der Waals surface area contributed by atoms with Crippen molar-refractivity contribution in [2.75, 3.05) is 7.11 Å². The zero-order valence-corrected chi connectivity index (χ0v) is 11.6. The minimum absolute atomic E-state index is 0.258. The fraction of sp³-hybridized carbons (Fsp3) is 0.0588. The van der Waals surface area contributed by atoms with E-state index < -0.39 is 17.6 Å². The van der Waals surface area contributed by atoms with Crippen molar-refractivity contribution in [3.05, 3.63) is 65.7 Å². The van der Waals surface area contributed by atoms with Crippen molar-refractivity contribution >= 4 is 16.9 Å². The van der Waals surface area contributed by atoms with E-state index >= 15 is 0 Å². The summed E-state index contributed by atoms with van der Waals surface area (Å²) in [6.07, 6.45) is 0. The quantitative estimate of drug-likeness (QED) is 0.672. The molecule has 0 radical (unpaired) electrons. The molecule has 0 fully saturated rings. The van der Waals surface area contributed by atoms with Gasteiger partial charge in [-0.25, -0.2) is 18.6 Å². The monoisotopic (exact) mass is 299 g/mol. The number of para-hydroxylation sites is 1. The van der Waals surface area contributed by atoms with Crippen LogP contribution >= 0.6 is 0 Å². The normalized spacial score (nSPS) is 10.7. The van der Waals surface area contributed by atoms with Crippen LogP contribution in [0.2, 0.25) is 0 Å². The highest BCUT2D eigenvalue weighted by Gasteiger charge is 2.14. The SMILES string of the molecule is COC(=O)c1cc(-c2cc(F)cc(F)c2)nc2ccccc12. The maximum absolute atomic E-state index is 13.4. The summed E-state index contributed by atoms with van der Waals surface area (Å²) in [6, 6.07) is 11.6. The van der Waals surface area contributed by atoms with E-state index in [1.165, 1.54) is 25.3 Å². The zero-order chi connectivity index (χ0) is 15.7. The first-order valence-corrected chi connectivity index (χ1v) is 6.53. The number of halogens is 2. The highest BCUT2D eigenvalue weighted by molar-refractivity contribution is 6.04. The molecule has 0 saturated heterocycles. The predicted molar refractivity (Wildman–Crippen MR) is 78.4 cm³/mol. The molecule has 0 unspecified atom stereocenters. The van der Waals surface area contributed by atoms with E-state index in [0.29, 0.717) is 22.2 Å². The van der Waals surface area contributed by atoms with E-state index in [1.54, 1.807) is 24.3 Å². The van der Waals surface area contributed by atoms with Gasteiger partial charge in [0.15, 0.2) is 0 Å². The molecule has 1 aromatic heterocycles. The van der Waals surface area contributed by atoms with E-state index in [-0.39, 0.29) is 5.56 Å². The third kappa shape index (κ3) is 2.53. The van der Waals surface area contributed by atoms with E-state index in [4.69, 9.17) is 4.74 Å². The van der Waals surface area contributed by atoms with Crippen LogP contribution in [0.4, 0.5) is 8.78 Å². The Balaban J connectivity index is 2.28. The number of carbonyl (C=O) groups is 1. The first kappa shape index (κ1) is 14.1. The first-order valence-electron chi connectivity index (χ1n) is 6.53. The smallest absolute Gasteiger partial charge is 0.338 e. The van der Waals surface area contributed by atoms with Gasteiger partial charge in [-0.1, -0.05) is 18.2 Å². The van der Waals surface area contributed by atoms with Crippen LogP contribution in [-0.2, 0) is 4.74 Å². The summed E-state index contributed by atoms with van der Waals surface area (Å²) in [5.74, 6) is -1.94. The summed E-state index contributed by atoms with van der Waals surface area (Å²) < 4.78 is 31.6. The number of fused-ring (bicyclic) bond motifs is 1. The van der Waals surface area contributed by atoms with Crippen LogP contribution in [0, 0.1) is 11.6 Å². The van der Waals surface area contributed by atoms with Gasteiger partial charge < -0.3 is 4.74 Å². The number of hydrogen-bond acceptors (Lipinski definition) is 3. The number of hydrogen-bond donors (Lipinski definition) is 0. The molecule has 2 aromatic carbocycles. The Hall–Kier alpha value is -2.82. The summed E-state index contributed by atoms with van der Waals surface area (Å²) in [5.41, 5.74) is 1.41. The van der Waals surface area contributed by atoms with Crippen molar-refractivity contribution in [2.24, 2.45) is 0 Å². The third-order valence-electron chi connectivity index (χ3n) is 3.28. The molecule has 0 spiro atoms. The lowest BCUT2D eigenvalue weighted by Crippen LogP contribution is -2.04. The molecule has 3 aromatic rings. The molecule has 110 valence electrons. The number of esters is 1. The molecule has 3 nitrogen and oxygen atoms in total. The lowest BCUT2D eigenvalue weighted by Gasteiger charge is -2.08. The summed E-state index contributed by atoms with van der Waals surface area (Å²) in [7, 11) is 1.28. The molecule has 0 N–H and O–H groups in total. The average Bonchev–Trinajstić information content (AvgIpc) is 2.52. The number of methoxy groups -OCH3 is 1. The summed E-state index contributed by atoms with van der Waals surface area (Å²) in [4.78, 5) is 16.3. The van der Waals surface area contributed by atoms with E-state index in [0.717, 1.165) is 6.07 Å². The molecule has 3 rings (SSSR count). The van der Waals surface area contributed by atoms with Crippen molar-refractivity contribution in [3.8, 4) is 11.3 Å². The molecule has 0 bridgehead atoms. The molecule has 1 heterocycles. The first-order chi connectivity index (χ1) is 10.6. The number of rotatable bonds is 2. The number of benzene rings is 2. The van der Waals surface area contributed by atoms with Crippen LogP contribution in [0.25, 0.3) is 22.2 Å². The van der Waals surface area contributed by atoms with Crippen LogP contribution in [0.5, 0.6) is 0 Å². The largest absolute Gasteiger partial charge is 0.465 e. The van der Waals surface area contributed by atoms with E-state index in [1.807, 2.05) is 0 Å². The van der Waals surface area contributed by atoms with Crippen LogP contribution < -0.4 is 0 Å². The molecule has 5 heteroatoms. The highest BCUT2D eigenvalue weighted by Crippen LogP contribution is 2.26. The Labute approximate surface area is 125 Å². The van der Waals surface area contributed by atoms with Crippen molar-refractivity contribution in [1.29, 1.82) is 0 Å². The van der Waals surface area contributed by atoms with Gasteiger partial charge >= 0.3 is 5.97 Å². The minimum Gasteiger partial charge on any atom is -0.465 e. The number of nitrogens with zero attached hydrogens (tertiary/aromatic N) is 1. The van der Waals surface area contributed by atoms with Crippen molar-refractivity contribution in [3.63, 3.8) is 0 Å². The fourth-order valence-corrected chi connectivity index (χ4v) is 2.30. The molecule has 22 heavy (non-hydrogen) atoms. The second kappa shape index (κ2) is 5.52. The summed E-state index contributed by atoms with van der Waals surface area (Å²) >= 11 is 0. The summed E-state index contributed by atoms with van der Waals surface area (Å²) in [6.45, 7) is 0. The number of carbonyl (C=O) groups excluding carboxylic acids is 1. The van der Waals surface area contributed by atoms with Gasteiger partial charge in [-0.05, 0) is 24.3 Å². The standard InChI is InChI=1S/C17H11F2NO2/c1-22-17(21)14-9-16(10-6-11(18)8-12(19)7-10)20-15-5-3-2-4-13(14)15/h2-9H,1H3. The van der Waals surface area contributed by atoms with Gasteiger partial charge in [0.2, 0.25) is 0 Å². The van der Waals surface area contributed by atoms with Gasteiger partial charge in [0.25, 0.3) is 0 Å². The maximum Gasteiger partial charge on any atom is 0.338 e. The van der Waals surface area contributed by atoms with Crippen molar-refractivity contribution in [1.82, 2.24) is 4.98 Å². The van der Waals surface area contributed by atoms with Gasteiger partial charge in [0.05, 0.1) is 23.9 Å². The average molecular weight is 299 g/mol. The number of ether oxygens (including phenoxy) is 1. The van der Waals surface area contributed by atoms with Crippen LogP contribution in [0.3, 0.4) is 0 Å². The minimum atomic E-state index is -0.704. The Bertz CT molecular complexity index is 857. The van der Waals surface area contributed by atoms with Crippen molar-refractivity contribution in [2.45, 2.75) is 0 Å². The van der Waals surface area contributed by atoms with Gasteiger partial charge in [0.1, 0.15) is 11.6 Å². The fourth-order valence-electron chi connectivity index (χ4n) is 2.30. The van der Waals surface area contributed by atoms with Crippen LogP contribution in [-0.4, -0.2) is 18.1 Å². The molecular weight excluding hydrogens is 288 g/mol. The van der Waals surface area contributed by atoms with E-state index in [2.05, 4.69) is 4.98 Å². The number of pyridine rings is 1. The summed E-state index contributed by atoms with van der Waals surface area (Å²) in [5, 5.41) is 0.620. The Morgan fingerprint density at radius 2 is 1.73 bits per heavy atom. The second-order valence-electron chi connectivity index (χ2n) is 4.72. The second-order valence-corrected chi connectivity index (χ2v) is 4.72. The Morgan fingerprint density at radius 1 is 1.05 bits per heavy atom. The van der Waals surface area contributed by atoms with Gasteiger partial charge in [-0.15, -0.1) is 0 Å². The molecule has 0 aliphatic carbocycles. The van der Waals surface area contributed by atoms with Crippen molar-refractivity contribution < 1.29 is 18.3 Å². The molecule has 0 atom stereocenters. The van der Waals surface area contributed by atoms with Gasteiger partial charge in [-0.2, -0.15) is 0 Å². The lowest BCUT2D eigenvalue weighted by molar-refractivity contribution is 0.0603. The molecule has 0 amide bonds. The molecule has 0 aliphatic heterocycles. The van der Waals surface area contributed by atoms with Crippen LogP contribution in [0.15, 0.2) is 48.5 Å². The molecular formula is C17H11F2NO2. The Kier molecular flexibility index (Phi) is 3.55. The Morgan fingerprint density at radius 3 is 2.41 bits per heavy atom. The predicted octanol–water partition coefficient (Wildman–Crippen LogP) is 3.97. The molecule has 0 aliphatic rings. The van der Waals surface area contributed by atoms with E-state index in [9.17, 15) is 13.6 Å². The number of aromatic nitrogens is 1. The topological polar surface area (TPSA) is 39.2 Å². The molecule has 0 saturated carbocycles. The van der Waals surface area contributed by atoms with Gasteiger partial charge in [-0.3, -0.25) is 0 Å². The maximum atomic E-state index is 13.4. The lowest BCUT2D eigenvalue weighted by atomic mass is 10.0.